The highest BCUT2D eigenvalue weighted by Crippen LogP contribution is 2.34. The predicted octanol–water partition coefficient (Wildman–Crippen LogP) is 2.68. The van der Waals surface area contributed by atoms with Crippen LogP contribution in [0, 0.1) is 11.3 Å². The van der Waals surface area contributed by atoms with Gasteiger partial charge in [0.2, 0.25) is 0 Å². The first-order chi connectivity index (χ1) is 18.3. The van der Waals surface area contributed by atoms with Gasteiger partial charge < -0.3 is 25.0 Å². The number of nitrogens with zero attached hydrogens (tertiary/aromatic N) is 3. The fourth-order valence-electron chi connectivity index (χ4n) is 5.15. The summed E-state index contributed by atoms with van der Waals surface area (Å²) in [6, 6.07) is 11.0. The molecule has 0 aliphatic carbocycles. The van der Waals surface area contributed by atoms with Crippen molar-refractivity contribution in [3.8, 4) is 6.07 Å². The van der Waals surface area contributed by atoms with E-state index in [1.54, 1.807) is 49.9 Å². The number of carbonyl (C=O) groups is 2. The average Bonchev–Trinajstić information content (AvgIpc) is 3.26. The number of nitrogens with one attached hydrogen (secondary N) is 1. The molecule has 0 saturated carbocycles. The number of piperidine rings is 1. The molecule has 12 heteroatoms. The van der Waals surface area contributed by atoms with Crippen molar-refractivity contribution in [2.45, 2.75) is 75.8 Å². The number of halogens is 2. The maximum Gasteiger partial charge on any atom is 0.475 e. The molecule has 1 aromatic carbocycles. The molecule has 0 spiro atoms. The Balaban J connectivity index is 1.68. The van der Waals surface area contributed by atoms with Crippen LogP contribution in [0.1, 0.15) is 52.0 Å². The van der Waals surface area contributed by atoms with Gasteiger partial charge in [0, 0.05) is 25.0 Å². The Morgan fingerprint density at radius 2 is 1.92 bits per heavy atom. The molecule has 1 aromatic rings. The zero-order valence-electron chi connectivity index (χ0n) is 22.7. The number of hydrogen-bond acceptors (Lipinski definition) is 7. The summed E-state index contributed by atoms with van der Waals surface area (Å²) < 4.78 is 33.0. The van der Waals surface area contributed by atoms with E-state index < -0.39 is 48.6 Å². The van der Waals surface area contributed by atoms with E-state index in [0.717, 1.165) is 12.0 Å². The van der Waals surface area contributed by atoms with Crippen LogP contribution in [0.4, 0.5) is 13.6 Å². The van der Waals surface area contributed by atoms with Gasteiger partial charge in [-0.3, -0.25) is 9.69 Å². The number of nitriles is 1. The van der Waals surface area contributed by atoms with E-state index in [4.69, 9.17) is 4.74 Å². The van der Waals surface area contributed by atoms with E-state index in [-0.39, 0.29) is 31.6 Å². The van der Waals surface area contributed by atoms with E-state index in [1.165, 1.54) is 11.0 Å². The molecule has 39 heavy (non-hydrogen) atoms. The minimum atomic E-state index is -2.81. The Morgan fingerprint density at radius 3 is 2.51 bits per heavy atom. The number of ether oxygens (including phenoxy) is 1. The molecule has 2 aliphatic rings. The third kappa shape index (κ3) is 8.00. The lowest BCUT2D eigenvalue weighted by Crippen LogP contribution is -2.57. The van der Waals surface area contributed by atoms with Gasteiger partial charge >= 0.3 is 13.2 Å². The predicted molar refractivity (Wildman–Crippen MR) is 141 cm³/mol. The first kappa shape index (κ1) is 30.5. The smallest absolute Gasteiger partial charge is 0.447 e. The second-order valence-corrected chi connectivity index (χ2v) is 11.2. The Hall–Kier alpha value is -3.01. The lowest BCUT2D eigenvalue weighted by Gasteiger charge is -2.44. The first-order valence-electron chi connectivity index (χ1n) is 13.2. The minimum absolute atomic E-state index is 0.154. The summed E-state index contributed by atoms with van der Waals surface area (Å²) >= 11 is 0. The van der Waals surface area contributed by atoms with Gasteiger partial charge in [0.25, 0.3) is 11.8 Å². The number of alkyl halides is 2. The van der Waals surface area contributed by atoms with Crippen LogP contribution in [0.15, 0.2) is 42.0 Å². The number of rotatable bonds is 9. The van der Waals surface area contributed by atoms with E-state index in [1.807, 2.05) is 12.1 Å². The van der Waals surface area contributed by atoms with Crippen LogP contribution in [-0.2, 0) is 16.0 Å². The quantitative estimate of drug-likeness (QED) is 0.247. The molecule has 1 unspecified atom stereocenters. The molecule has 9 nitrogen and oxygen atoms in total. The Kier molecular flexibility index (Phi) is 9.75. The number of carbonyl (C=O) groups excluding carboxylic acids is 2. The highest BCUT2D eigenvalue weighted by molar-refractivity contribution is 6.43. The molecule has 2 fully saturated rings. The van der Waals surface area contributed by atoms with E-state index in [9.17, 15) is 33.7 Å². The number of alkyl carbamates (subject to hydrolysis) is 1. The lowest BCUT2D eigenvalue weighted by atomic mass is 9.76. The number of hydrogen-bond donors (Lipinski definition) is 3. The molecule has 2 heterocycles. The molecule has 0 radical (unpaired) electrons. The zero-order valence-corrected chi connectivity index (χ0v) is 22.7. The number of likely N-dealkylation sites (tertiary alicyclic amines) is 2. The third-order valence-corrected chi connectivity index (χ3v) is 7.55. The Morgan fingerprint density at radius 1 is 1.23 bits per heavy atom. The second-order valence-electron chi connectivity index (χ2n) is 11.2. The molecule has 2 saturated heterocycles. The van der Waals surface area contributed by atoms with Crippen molar-refractivity contribution >= 4 is 19.1 Å². The molecule has 212 valence electrons. The number of benzene rings is 1. The minimum Gasteiger partial charge on any atom is -0.447 e. The monoisotopic (exact) mass is 546 g/mol. The maximum atomic E-state index is 13.8. The standard InChI is InChI=1S/C27H37BF2N4O5/c1-25(2,33-14-12-27(29,30)18-33)16-21(17-31)23(35)34-13-8-7-11-26(34,3)19-39-24(36)32-22(28(37)38)15-20-9-5-4-6-10-20/h4-6,9-10,16,22,37-38H,7-8,11-15,18-19H2,1-3H3,(H,32,36)/t22-,26?/m0/s1. The summed E-state index contributed by atoms with van der Waals surface area (Å²) in [5.74, 6) is -4.36. The fourth-order valence-corrected chi connectivity index (χ4v) is 5.15. The maximum absolute atomic E-state index is 13.8. The van der Waals surface area contributed by atoms with Crippen LogP contribution in [0.5, 0.6) is 0 Å². The van der Waals surface area contributed by atoms with Gasteiger partial charge in [-0.15, -0.1) is 0 Å². The van der Waals surface area contributed by atoms with Gasteiger partial charge in [0.05, 0.1) is 18.0 Å². The molecular weight excluding hydrogens is 509 g/mol. The molecule has 0 bridgehead atoms. The third-order valence-electron chi connectivity index (χ3n) is 7.55. The fraction of sp³-hybridized carbons (Fsp3) is 0.593. The summed E-state index contributed by atoms with van der Waals surface area (Å²) in [5, 5.41) is 31.8. The largest absolute Gasteiger partial charge is 0.475 e. The summed E-state index contributed by atoms with van der Waals surface area (Å²) in [7, 11) is -1.82. The van der Waals surface area contributed by atoms with Crippen LogP contribution in [0.25, 0.3) is 0 Å². The molecule has 2 amide bonds. The van der Waals surface area contributed by atoms with Crippen LogP contribution < -0.4 is 5.32 Å². The molecular formula is C27H37BF2N4O5. The second kappa shape index (κ2) is 12.4. The molecule has 3 rings (SSSR count). The summed E-state index contributed by atoms with van der Waals surface area (Å²) in [4.78, 5) is 29.2. The van der Waals surface area contributed by atoms with Crippen molar-refractivity contribution in [3.63, 3.8) is 0 Å². The lowest BCUT2D eigenvalue weighted by molar-refractivity contribution is -0.136. The normalized spacial score (nSPS) is 22.6. The summed E-state index contributed by atoms with van der Waals surface area (Å²) in [6.07, 6.45) is 2.46. The van der Waals surface area contributed by atoms with Crippen molar-refractivity contribution in [1.82, 2.24) is 15.1 Å². The van der Waals surface area contributed by atoms with Crippen molar-refractivity contribution in [1.29, 1.82) is 5.26 Å². The van der Waals surface area contributed by atoms with Crippen LogP contribution >= 0.6 is 0 Å². The van der Waals surface area contributed by atoms with E-state index in [0.29, 0.717) is 19.4 Å². The Labute approximate surface area is 228 Å². The Bertz CT molecular complexity index is 1100. The van der Waals surface area contributed by atoms with Gasteiger partial charge in [-0.05, 0) is 58.1 Å². The summed E-state index contributed by atoms with van der Waals surface area (Å²) in [6.45, 7) is 5.04. The average molecular weight is 546 g/mol. The number of amides is 2. The highest BCUT2D eigenvalue weighted by atomic mass is 19.3. The van der Waals surface area contributed by atoms with Gasteiger partial charge in [0.15, 0.2) is 0 Å². The van der Waals surface area contributed by atoms with Crippen LogP contribution in [-0.4, -0.2) is 88.1 Å². The van der Waals surface area contributed by atoms with Crippen molar-refractivity contribution in [2.24, 2.45) is 0 Å². The van der Waals surface area contributed by atoms with Crippen molar-refractivity contribution in [2.75, 3.05) is 26.2 Å². The van der Waals surface area contributed by atoms with Crippen LogP contribution in [0.2, 0.25) is 0 Å². The zero-order chi connectivity index (χ0) is 28.8. The highest BCUT2D eigenvalue weighted by Gasteiger charge is 2.44. The van der Waals surface area contributed by atoms with Gasteiger partial charge in [-0.2, -0.15) is 5.26 Å². The van der Waals surface area contributed by atoms with E-state index >= 15 is 0 Å². The van der Waals surface area contributed by atoms with Crippen LogP contribution in [0.3, 0.4) is 0 Å². The first-order valence-corrected chi connectivity index (χ1v) is 13.2. The molecule has 0 aromatic heterocycles. The topological polar surface area (TPSA) is 126 Å². The van der Waals surface area contributed by atoms with Gasteiger partial charge in [-0.1, -0.05) is 30.3 Å². The van der Waals surface area contributed by atoms with Crippen molar-refractivity contribution in [3.05, 3.63) is 47.5 Å². The van der Waals surface area contributed by atoms with Gasteiger partial charge in [0.1, 0.15) is 18.2 Å². The summed E-state index contributed by atoms with van der Waals surface area (Å²) in [5.41, 5.74) is -1.22. The van der Waals surface area contributed by atoms with Crippen molar-refractivity contribution < 1.29 is 33.2 Å². The van der Waals surface area contributed by atoms with E-state index in [2.05, 4.69) is 5.32 Å². The molecule has 3 N–H and O–H groups in total. The SMILES string of the molecule is CC(C)(C=C(C#N)C(=O)N1CCCCC1(C)COC(=O)N[C@@H](Cc1ccccc1)B(O)O)N1CCC(F)(F)C1. The molecule has 2 aliphatic heterocycles. The van der Waals surface area contributed by atoms with Gasteiger partial charge in [-0.25, -0.2) is 13.6 Å². The molecule has 2 atom stereocenters.